The Bertz CT molecular complexity index is 542. The first kappa shape index (κ1) is 12.9. The van der Waals surface area contributed by atoms with E-state index in [1.807, 2.05) is 11.3 Å². The predicted octanol–water partition coefficient (Wildman–Crippen LogP) is 4.30. The fourth-order valence-electron chi connectivity index (χ4n) is 2.90. The maximum atomic E-state index is 3.77. The minimum atomic E-state index is 0.214. The summed E-state index contributed by atoms with van der Waals surface area (Å²) in [4.78, 5) is 1.46. The number of benzene rings is 1. The van der Waals surface area contributed by atoms with Gasteiger partial charge in [0.25, 0.3) is 0 Å². The van der Waals surface area contributed by atoms with E-state index >= 15 is 0 Å². The Kier molecular flexibility index (Phi) is 3.46. The lowest BCUT2D eigenvalue weighted by Crippen LogP contribution is -2.34. The molecule has 1 aromatic carbocycles. The van der Waals surface area contributed by atoms with Gasteiger partial charge in [0.2, 0.25) is 0 Å². The number of hydrogen-bond acceptors (Lipinski definition) is 2. The number of hydrogen-bond donors (Lipinski definition) is 1. The van der Waals surface area contributed by atoms with E-state index in [4.69, 9.17) is 0 Å². The molecule has 0 aliphatic heterocycles. The molecule has 1 atom stereocenters. The van der Waals surface area contributed by atoms with E-state index in [2.05, 4.69) is 60.9 Å². The van der Waals surface area contributed by atoms with Gasteiger partial charge in [0.1, 0.15) is 0 Å². The summed E-state index contributed by atoms with van der Waals surface area (Å²) >= 11 is 1.86. The SMILES string of the molecule is CC(C)(CNC1CCc2ccccc21)c1cccs1. The van der Waals surface area contributed by atoms with Crippen molar-refractivity contribution in [1.82, 2.24) is 5.32 Å². The van der Waals surface area contributed by atoms with Crippen molar-refractivity contribution in [2.75, 3.05) is 6.54 Å². The Morgan fingerprint density at radius 1 is 1.21 bits per heavy atom. The molecule has 1 unspecified atom stereocenters. The topological polar surface area (TPSA) is 12.0 Å². The van der Waals surface area contributed by atoms with Gasteiger partial charge >= 0.3 is 0 Å². The minimum Gasteiger partial charge on any atom is -0.309 e. The minimum absolute atomic E-state index is 0.214. The molecule has 19 heavy (non-hydrogen) atoms. The molecule has 0 saturated heterocycles. The molecule has 0 saturated carbocycles. The van der Waals surface area contributed by atoms with Crippen molar-refractivity contribution in [1.29, 1.82) is 0 Å². The molecular formula is C17H21NS. The third kappa shape index (κ3) is 2.60. The van der Waals surface area contributed by atoms with Crippen LogP contribution in [0.4, 0.5) is 0 Å². The third-order valence-electron chi connectivity index (χ3n) is 4.11. The molecular weight excluding hydrogens is 250 g/mol. The quantitative estimate of drug-likeness (QED) is 0.874. The molecule has 0 radical (unpaired) electrons. The monoisotopic (exact) mass is 271 g/mol. The second-order valence-electron chi connectivity index (χ2n) is 6.03. The third-order valence-corrected chi connectivity index (χ3v) is 5.35. The molecule has 0 amide bonds. The molecule has 0 spiro atoms. The second-order valence-corrected chi connectivity index (χ2v) is 6.98. The Labute approximate surface area is 119 Å². The van der Waals surface area contributed by atoms with Crippen LogP contribution in [0.2, 0.25) is 0 Å². The highest BCUT2D eigenvalue weighted by atomic mass is 32.1. The molecule has 0 fully saturated rings. The fraction of sp³-hybridized carbons (Fsp3) is 0.412. The maximum Gasteiger partial charge on any atom is 0.0326 e. The van der Waals surface area contributed by atoms with Crippen molar-refractivity contribution in [3.05, 3.63) is 57.8 Å². The van der Waals surface area contributed by atoms with Crippen LogP contribution >= 0.6 is 11.3 Å². The first-order chi connectivity index (χ1) is 9.17. The molecule has 1 aliphatic rings. The first-order valence-electron chi connectivity index (χ1n) is 7.02. The first-order valence-corrected chi connectivity index (χ1v) is 7.90. The smallest absolute Gasteiger partial charge is 0.0326 e. The van der Waals surface area contributed by atoms with Crippen molar-refractivity contribution in [3.63, 3.8) is 0 Å². The number of nitrogens with one attached hydrogen (secondary N) is 1. The van der Waals surface area contributed by atoms with Gasteiger partial charge in [-0.05, 0) is 35.4 Å². The normalized spacial score (nSPS) is 18.5. The van der Waals surface area contributed by atoms with Crippen LogP contribution in [0.25, 0.3) is 0 Å². The number of fused-ring (bicyclic) bond motifs is 1. The van der Waals surface area contributed by atoms with Crippen molar-refractivity contribution in [3.8, 4) is 0 Å². The molecule has 3 rings (SSSR count). The van der Waals surface area contributed by atoms with E-state index in [0.717, 1.165) is 6.54 Å². The maximum absolute atomic E-state index is 3.77. The highest BCUT2D eigenvalue weighted by Gasteiger charge is 2.26. The van der Waals surface area contributed by atoms with E-state index in [-0.39, 0.29) is 5.41 Å². The van der Waals surface area contributed by atoms with Crippen molar-refractivity contribution in [2.24, 2.45) is 0 Å². The van der Waals surface area contributed by atoms with Gasteiger partial charge in [-0.15, -0.1) is 11.3 Å². The van der Waals surface area contributed by atoms with E-state index in [1.165, 1.54) is 28.8 Å². The number of thiophene rings is 1. The summed E-state index contributed by atoms with van der Waals surface area (Å²) in [6.45, 7) is 5.69. The van der Waals surface area contributed by atoms with E-state index in [1.54, 1.807) is 0 Å². The zero-order valence-corrected chi connectivity index (χ0v) is 12.5. The standard InChI is InChI=1S/C17H21NS/c1-17(2,16-8-5-11-19-16)12-18-15-10-9-13-6-3-4-7-14(13)15/h3-8,11,15,18H,9-10,12H2,1-2H3. The fourth-order valence-corrected chi connectivity index (χ4v) is 3.75. The van der Waals surface area contributed by atoms with Crippen LogP contribution in [0.3, 0.4) is 0 Å². The summed E-state index contributed by atoms with van der Waals surface area (Å²) in [7, 11) is 0. The van der Waals surface area contributed by atoms with Crippen LogP contribution in [0.1, 0.15) is 42.3 Å². The van der Waals surface area contributed by atoms with Crippen LogP contribution in [0.15, 0.2) is 41.8 Å². The summed E-state index contributed by atoms with van der Waals surface area (Å²) in [5.74, 6) is 0. The van der Waals surface area contributed by atoms with Gasteiger partial charge in [-0.2, -0.15) is 0 Å². The zero-order valence-electron chi connectivity index (χ0n) is 11.6. The summed E-state index contributed by atoms with van der Waals surface area (Å²) < 4.78 is 0. The van der Waals surface area contributed by atoms with E-state index in [0.29, 0.717) is 6.04 Å². The van der Waals surface area contributed by atoms with Crippen LogP contribution in [-0.2, 0) is 11.8 Å². The number of aryl methyl sites for hydroxylation is 1. The molecule has 0 bridgehead atoms. The summed E-state index contributed by atoms with van der Waals surface area (Å²) in [5, 5.41) is 5.94. The van der Waals surface area contributed by atoms with E-state index in [9.17, 15) is 0 Å². The van der Waals surface area contributed by atoms with Gasteiger partial charge in [-0.25, -0.2) is 0 Å². The van der Waals surface area contributed by atoms with Gasteiger partial charge in [0.05, 0.1) is 0 Å². The molecule has 1 aromatic heterocycles. The van der Waals surface area contributed by atoms with E-state index < -0.39 is 0 Å². The Morgan fingerprint density at radius 2 is 2.05 bits per heavy atom. The van der Waals surface area contributed by atoms with Crippen molar-refractivity contribution < 1.29 is 0 Å². The van der Waals surface area contributed by atoms with Gasteiger partial charge in [-0.1, -0.05) is 44.2 Å². The molecule has 1 aliphatic carbocycles. The molecule has 100 valence electrons. The second kappa shape index (κ2) is 5.10. The number of rotatable bonds is 4. The molecule has 1 nitrogen and oxygen atoms in total. The molecule has 2 heteroatoms. The Balaban J connectivity index is 1.68. The van der Waals surface area contributed by atoms with Gasteiger partial charge < -0.3 is 5.32 Å². The summed E-state index contributed by atoms with van der Waals surface area (Å²) in [5.41, 5.74) is 3.24. The summed E-state index contributed by atoms with van der Waals surface area (Å²) in [6.07, 6.45) is 2.45. The average Bonchev–Trinajstić information content (AvgIpc) is 3.07. The molecule has 2 aromatic rings. The van der Waals surface area contributed by atoms with Gasteiger partial charge in [0.15, 0.2) is 0 Å². The van der Waals surface area contributed by atoms with Crippen LogP contribution in [0.5, 0.6) is 0 Å². The highest BCUT2D eigenvalue weighted by molar-refractivity contribution is 7.10. The van der Waals surface area contributed by atoms with Crippen LogP contribution in [-0.4, -0.2) is 6.54 Å². The molecule has 1 N–H and O–H groups in total. The highest BCUT2D eigenvalue weighted by Crippen LogP contribution is 2.32. The largest absolute Gasteiger partial charge is 0.309 e. The lowest BCUT2D eigenvalue weighted by Gasteiger charge is -2.26. The lowest BCUT2D eigenvalue weighted by atomic mass is 9.91. The van der Waals surface area contributed by atoms with Crippen molar-refractivity contribution in [2.45, 2.75) is 38.1 Å². The predicted molar refractivity (Wildman–Crippen MR) is 82.9 cm³/mol. The van der Waals surface area contributed by atoms with Crippen LogP contribution < -0.4 is 5.32 Å². The summed E-state index contributed by atoms with van der Waals surface area (Å²) in [6, 6.07) is 13.8. The van der Waals surface area contributed by atoms with Crippen LogP contribution in [0, 0.1) is 0 Å². The Morgan fingerprint density at radius 3 is 2.84 bits per heavy atom. The van der Waals surface area contributed by atoms with Gasteiger partial charge in [0, 0.05) is 22.9 Å². The van der Waals surface area contributed by atoms with Gasteiger partial charge in [-0.3, -0.25) is 0 Å². The van der Waals surface area contributed by atoms with Crippen molar-refractivity contribution >= 4 is 11.3 Å². The zero-order chi connectivity index (χ0) is 13.3. The Hall–Kier alpha value is -1.12. The molecule has 1 heterocycles. The average molecular weight is 271 g/mol. The lowest BCUT2D eigenvalue weighted by molar-refractivity contribution is 0.426.